The van der Waals surface area contributed by atoms with E-state index in [1.165, 1.54) is 5.56 Å². The normalized spacial score (nSPS) is 12.6. The SMILES string of the molecule is COCC(C)n1ccnc1NCCc1cnn(C)c1. The number of nitrogens with one attached hydrogen (secondary N) is 1. The highest BCUT2D eigenvalue weighted by Crippen LogP contribution is 2.13. The number of imidazole rings is 1. The van der Waals surface area contributed by atoms with Gasteiger partial charge in [-0.2, -0.15) is 5.10 Å². The Morgan fingerprint density at radius 2 is 2.32 bits per heavy atom. The van der Waals surface area contributed by atoms with Gasteiger partial charge in [0.15, 0.2) is 0 Å². The fourth-order valence-electron chi connectivity index (χ4n) is 2.05. The molecule has 6 nitrogen and oxygen atoms in total. The van der Waals surface area contributed by atoms with E-state index in [1.807, 2.05) is 30.3 Å². The first-order valence-electron chi connectivity index (χ1n) is 6.44. The second kappa shape index (κ2) is 6.38. The summed E-state index contributed by atoms with van der Waals surface area (Å²) in [5.41, 5.74) is 1.22. The summed E-state index contributed by atoms with van der Waals surface area (Å²) in [6, 6.07) is 0.272. The van der Waals surface area contributed by atoms with Gasteiger partial charge in [0.2, 0.25) is 5.95 Å². The molecule has 0 aliphatic carbocycles. The molecule has 0 aromatic carbocycles. The van der Waals surface area contributed by atoms with Crippen molar-refractivity contribution in [2.24, 2.45) is 7.05 Å². The van der Waals surface area contributed by atoms with Crippen molar-refractivity contribution in [3.63, 3.8) is 0 Å². The fourth-order valence-corrected chi connectivity index (χ4v) is 2.05. The largest absolute Gasteiger partial charge is 0.383 e. The van der Waals surface area contributed by atoms with Crippen LogP contribution in [0.4, 0.5) is 5.95 Å². The number of nitrogens with zero attached hydrogens (tertiary/aromatic N) is 4. The highest BCUT2D eigenvalue weighted by atomic mass is 16.5. The first kappa shape index (κ1) is 13.6. The number of aryl methyl sites for hydroxylation is 1. The monoisotopic (exact) mass is 263 g/mol. The molecule has 2 aromatic heterocycles. The van der Waals surface area contributed by atoms with Crippen LogP contribution in [0, 0.1) is 0 Å². The Kier molecular flexibility index (Phi) is 4.57. The van der Waals surface area contributed by atoms with Crippen LogP contribution in [0.2, 0.25) is 0 Å². The summed E-state index contributed by atoms with van der Waals surface area (Å²) in [5, 5.41) is 7.50. The molecule has 0 bridgehead atoms. The average molecular weight is 263 g/mol. The maximum atomic E-state index is 5.17. The molecular formula is C13H21N5O. The van der Waals surface area contributed by atoms with Gasteiger partial charge in [-0.1, -0.05) is 0 Å². The van der Waals surface area contributed by atoms with E-state index in [1.54, 1.807) is 13.3 Å². The Morgan fingerprint density at radius 1 is 1.47 bits per heavy atom. The van der Waals surface area contributed by atoms with E-state index in [4.69, 9.17) is 4.74 Å². The van der Waals surface area contributed by atoms with E-state index in [9.17, 15) is 0 Å². The lowest BCUT2D eigenvalue weighted by molar-refractivity contribution is 0.163. The molecule has 2 aromatic rings. The van der Waals surface area contributed by atoms with Gasteiger partial charge in [0.25, 0.3) is 0 Å². The minimum Gasteiger partial charge on any atom is -0.383 e. The van der Waals surface area contributed by atoms with Crippen LogP contribution in [0.3, 0.4) is 0 Å². The van der Waals surface area contributed by atoms with Crippen LogP contribution in [0.25, 0.3) is 0 Å². The van der Waals surface area contributed by atoms with Crippen molar-refractivity contribution in [1.82, 2.24) is 19.3 Å². The van der Waals surface area contributed by atoms with Crippen LogP contribution in [0.15, 0.2) is 24.8 Å². The Morgan fingerprint density at radius 3 is 3.00 bits per heavy atom. The second-order valence-electron chi connectivity index (χ2n) is 4.66. The first-order valence-corrected chi connectivity index (χ1v) is 6.44. The first-order chi connectivity index (χ1) is 9.20. The summed E-state index contributed by atoms with van der Waals surface area (Å²) >= 11 is 0. The Labute approximate surface area is 113 Å². The van der Waals surface area contributed by atoms with Crippen LogP contribution in [-0.2, 0) is 18.2 Å². The molecule has 0 amide bonds. The molecule has 1 unspecified atom stereocenters. The third-order valence-electron chi connectivity index (χ3n) is 3.01. The van der Waals surface area contributed by atoms with Crippen molar-refractivity contribution in [3.8, 4) is 0 Å². The maximum Gasteiger partial charge on any atom is 0.203 e. The molecule has 6 heteroatoms. The maximum absolute atomic E-state index is 5.17. The molecule has 2 rings (SSSR count). The number of anilines is 1. The van der Waals surface area contributed by atoms with Gasteiger partial charge >= 0.3 is 0 Å². The molecule has 0 fully saturated rings. The predicted molar refractivity (Wildman–Crippen MR) is 74.2 cm³/mol. The number of hydrogen-bond acceptors (Lipinski definition) is 4. The van der Waals surface area contributed by atoms with E-state index in [0.717, 1.165) is 18.9 Å². The Hall–Kier alpha value is -1.82. The van der Waals surface area contributed by atoms with Crippen LogP contribution in [-0.4, -0.2) is 39.6 Å². The lowest BCUT2D eigenvalue weighted by Crippen LogP contribution is -2.15. The Balaban J connectivity index is 1.87. The zero-order chi connectivity index (χ0) is 13.7. The van der Waals surface area contributed by atoms with E-state index >= 15 is 0 Å². The van der Waals surface area contributed by atoms with Crippen molar-refractivity contribution in [2.45, 2.75) is 19.4 Å². The Bertz CT molecular complexity index is 505. The zero-order valence-electron chi connectivity index (χ0n) is 11.7. The molecule has 0 aliphatic heterocycles. The van der Waals surface area contributed by atoms with Crippen LogP contribution < -0.4 is 5.32 Å². The van der Waals surface area contributed by atoms with Gasteiger partial charge < -0.3 is 14.6 Å². The highest BCUT2D eigenvalue weighted by Gasteiger charge is 2.09. The smallest absolute Gasteiger partial charge is 0.203 e. The van der Waals surface area contributed by atoms with E-state index < -0.39 is 0 Å². The van der Waals surface area contributed by atoms with Gasteiger partial charge in [-0.25, -0.2) is 4.98 Å². The summed E-state index contributed by atoms with van der Waals surface area (Å²) in [6.45, 7) is 3.62. The molecule has 0 radical (unpaired) electrons. The third kappa shape index (κ3) is 3.57. The highest BCUT2D eigenvalue weighted by molar-refractivity contribution is 5.27. The predicted octanol–water partition coefficient (Wildman–Crippen LogP) is 1.48. The van der Waals surface area contributed by atoms with E-state index in [0.29, 0.717) is 6.61 Å². The molecule has 0 saturated carbocycles. The number of hydrogen-bond donors (Lipinski definition) is 1. The number of methoxy groups -OCH3 is 1. The van der Waals surface area contributed by atoms with E-state index in [2.05, 4.69) is 26.9 Å². The van der Waals surface area contributed by atoms with Crippen LogP contribution >= 0.6 is 0 Å². The van der Waals surface area contributed by atoms with Gasteiger partial charge in [-0.3, -0.25) is 4.68 Å². The summed E-state index contributed by atoms with van der Waals surface area (Å²) in [7, 11) is 3.64. The standard InChI is InChI=1S/C13H21N5O/c1-11(10-19-3)18-7-6-15-13(18)14-5-4-12-8-16-17(2)9-12/h6-9,11H,4-5,10H2,1-3H3,(H,14,15). The average Bonchev–Trinajstić information content (AvgIpc) is 2.99. The molecule has 2 heterocycles. The van der Waals surface area contributed by atoms with Crippen LogP contribution in [0.1, 0.15) is 18.5 Å². The zero-order valence-corrected chi connectivity index (χ0v) is 11.7. The molecular weight excluding hydrogens is 242 g/mol. The molecule has 1 N–H and O–H groups in total. The molecule has 0 spiro atoms. The van der Waals surface area contributed by atoms with Crippen molar-refractivity contribution in [2.75, 3.05) is 25.6 Å². The van der Waals surface area contributed by atoms with Crippen molar-refractivity contribution in [1.29, 1.82) is 0 Å². The third-order valence-corrected chi connectivity index (χ3v) is 3.01. The topological polar surface area (TPSA) is 56.9 Å². The lowest BCUT2D eigenvalue weighted by atomic mass is 10.2. The second-order valence-corrected chi connectivity index (χ2v) is 4.66. The van der Waals surface area contributed by atoms with Crippen molar-refractivity contribution in [3.05, 3.63) is 30.4 Å². The molecule has 0 saturated heterocycles. The quantitative estimate of drug-likeness (QED) is 0.822. The van der Waals surface area contributed by atoms with Gasteiger partial charge in [-0.05, 0) is 18.9 Å². The van der Waals surface area contributed by atoms with Crippen molar-refractivity contribution >= 4 is 5.95 Å². The van der Waals surface area contributed by atoms with Crippen LogP contribution in [0.5, 0.6) is 0 Å². The number of rotatable bonds is 7. The van der Waals surface area contributed by atoms with E-state index in [-0.39, 0.29) is 6.04 Å². The molecule has 104 valence electrons. The molecule has 19 heavy (non-hydrogen) atoms. The fraction of sp³-hybridized carbons (Fsp3) is 0.538. The van der Waals surface area contributed by atoms with Gasteiger partial charge in [-0.15, -0.1) is 0 Å². The summed E-state index contributed by atoms with van der Waals surface area (Å²) in [5.74, 6) is 0.883. The summed E-state index contributed by atoms with van der Waals surface area (Å²) < 4.78 is 9.08. The number of ether oxygens (including phenoxy) is 1. The summed E-state index contributed by atoms with van der Waals surface area (Å²) in [6.07, 6.45) is 8.62. The number of aromatic nitrogens is 4. The lowest BCUT2D eigenvalue weighted by Gasteiger charge is -2.15. The molecule has 0 aliphatic rings. The molecule has 1 atom stereocenters. The summed E-state index contributed by atoms with van der Waals surface area (Å²) in [4.78, 5) is 4.33. The van der Waals surface area contributed by atoms with Gasteiger partial charge in [0.1, 0.15) is 0 Å². The minimum absolute atomic E-state index is 0.272. The minimum atomic E-state index is 0.272. The van der Waals surface area contributed by atoms with Gasteiger partial charge in [0.05, 0.1) is 18.8 Å². The van der Waals surface area contributed by atoms with Gasteiger partial charge in [0, 0.05) is 39.3 Å². The van der Waals surface area contributed by atoms with Crippen molar-refractivity contribution < 1.29 is 4.74 Å².